The van der Waals surface area contributed by atoms with E-state index >= 15 is 0 Å². The minimum absolute atomic E-state index is 0.00685. The van der Waals surface area contributed by atoms with Crippen molar-refractivity contribution in [3.63, 3.8) is 0 Å². The number of nitrogens with zero attached hydrogens (tertiary/aromatic N) is 3. The highest BCUT2D eigenvalue weighted by molar-refractivity contribution is 6.38. The van der Waals surface area contributed by atoms with Gasteiger partial charge in [-0.1, -0.05) is 23.2 Å². The smallest absolute Gasteiger partial charge is 0.416 e. The largest absolute Gasteiger partial charge is 0.485 e. The van der Waals surface area contributed by atoms with Crippen LogP contribution in [0.3, 0.4) is 0 Å². The van der Waals surface area contributed by atoms with Gasteiger partial charge in [0, 0.05) is 35.7 Å². The Hall–Kier alpha value is -3.96. The van der Waals surface area contributed by atoms with Crippen LogP contribution in [0.4, 0.5) is 29.3 Å². The summed E-state index contributed by atoms with van der Waals surface area (Å²) in [6.45, 7) is 1.47. The number of fused-ring (bicyclic) bond motifs is 1. The topological polar surface area (TPSA) is 88.0 Å². The maximum atomic E-state index is 12.8. The zero-order valence-corrected chi connectivity index (χ0v) is 22.2. The van der Waals surface area contributed by atoms with Crippen LogP contribution < -0.4 is 20.3 Å². The van der Waals surface area contributed by atoms with Crippen LogP contribution in [0.1, 0.15) is 16.8 Å². The number of anilines is 2. The zero-order chi connectivity index (χ0) is 28.3. The molecule has 0 aliphatic carbocycles. The summed E-state index contributed by atoms with van der Waals surface area (Å²) in [6, 6.07) is 9.87. The quantitative estimate of drug-likeness (QED) is 0.268. The third-order valence-corrected chi connectivity index (χ3v) is 6.49. The lowest BCUT2D eigenvalue weighted by Crippen LogP contribution is -2.40. The SMILES string of the molecule is Cc1cn2cccc(OCc3c(Cl)ccc(N(C)C(=O)CNC(=O)Nc4ccc(C(F)(F)F)cc4)c3Cl)c2n1. The van der Waals surface area contributed by atoms with Gasteiger partial charge in [-0.05, 0) is 55.5 Å². The molecule has 2 aromatic carbocycles. The third kappa shape index (κ3) is 6.55. The molecule has 2 aromatic heterocycles. The molecule has 0 unspecified atom stereocenters. The minimum Gasteiger partial charge on any atom is -0.485 e. The van der Waals surface area contributed by atoms with E-state index in [0.717, 1.165) is 30.0 Å². The van der Waals surface area contributed by atoms with E-state index in [2.05, 4.69) is 15.6 Å². The molecule has 8 nitrogen and oxygen atoms in total. The molecular formula is C26H22Cl2F3N5O3. The van der Waals surface area contributed by atoms with Gasteiger partial charge in [-0.2, -0.15) is 13.2 Å². The van der Waals surface area contributed by atoms with Crippen molar-refractivity contribution in [1.29, 1.82) is 0 Å². The van der Waals surface area contributed by atoms with E-state index in [1.165, 1.54) is 11.9 Å². The number of imidazole rings is 1. The minimum atomic E-state index is -4.49. The lowest BCUT2D eigenvalue weighted by Gasteiger charge is -2.21. The number of pyridine rings is 1. The number of rotatable bonds is 7. The van der Waals surface area contributed by atoms with Crippen molar-refractivity contribution >= 4 is 52.2 Å². The van der Waals surface area contributed by atoms with Gasteiger partial charge in [0.05, 0.1) is 28.5 Å². The van der Waals surface area contributed by atoms with E-state index in [9.17, 15) is 22.8 Å². The van der Waals surface area contributed by atoms with Crippen LogP contribution in [0, 0.1) is 6.92 Å². The van der Waals surface area contributed by atoms with Gasteiger partial charge in [-0.3, -0.25) is 4.79 Å². The van der Waals surface area contributed by atoms with Gasteiger partial charge in [0.1, 0.15) is 6.61 Å². The van der Waals surface area contributed by atoms with Gasteiger partial charge < -0.3 is 24.7 Å². The summed E-state index contributed by atoms with van der Waals surface area (Å²) in [7, 11) is 1.48. The number of alkyl halides is 3. The second-order valence-corrected chi connectivity index (χ2v) is 9.25. The van der Waals surface area contributed by atoms with E-state index < -0.39 is 30.2 Å². The van der Waals surface area contributed by atoms with E-state index in [4.69, 9.17) is 27.9 Å². The summed E-state index contributed by atoms with van der Waals surface area (Å²) < 4.78 is 45.9. The Kier molecular flexibility index (Phi) is 8.22. The number of halogens is 5. The second kappa shape index (κ2) is 11.4. The monoisotopic (exact) mass is 579 g/mol. The maximum absolute atomic E-state index is 12.8. The summed E-state index contributed by atoms with van der Waals surface area (Å²) in [4.78, 5) is 30.6. The molecule has 204 valence electrons. The van der Waals surface area contributed by atoms with Crippen LogP contribution in [-0.4, -0.2) is 34.9 Å². The van der Waals surface area contributed by atoms with Crippen LogP contribution in [0.15, 0.2) is 60.9 Å². The standard InChI is InChI=1S/C26H22Cl2F3N5O3/c1-15-13-36-11-3-4-21(24(36)33-15)39-14-18-19(27)9-10-20(23(18)28)35(2)22(37)12-32-25(38)34-17-7-5-16(6-8-17)26(29,30)31/h3-11,13H,12,14H2,1-2H3,(H2,32,34,38). The molecule has 39 heavy (non-hydrogen) atoms. The normalized spacial score (nSPS) is 11.4. The van der Waals surface area contributed by atoms with Gasteiger partial charge >= 0.3 is 12.2 Å². The van der Waals surface area contributed by atoms with Crippen molar-refractivity contribution in [2.75, 3.05) is 23.8 Å². The molecule has 0 bridgehead atoms. The molecule has 0 fully saturated rings. The Balaban J connectivity index is 1.39. The number of hydrogen-bond acceptors (Lipinski definition) is 4. The first-order valence-electron chi connectivity index (χ1n) is 11.5. The van der Waals surface area contributed by atoms with Crippen LogP contribution in [0.25, 0.3) is 5.65 Å². The predicted octanol–water partition coefficient (Wildman–Crippen LogP) is 6.33. The van der Waals surface area contributed by atoms with Gasteiger partial charge in [0.2, 0.25) is 5.91 Å². The average molecular weight is 580 g/mol. The van der Waals surface area contributed by atoms with Gasteiger partial charge in [-0.15, -0.1) is 0 Å². The van der Waals surface area contributed by atoms with Gasteiger partial charge in [0.15, 0.2) is 11.4 Å². The molecule has 4 rings (SSSR count). The third-order valence-electron chi connectivity index (χ3n) is 5.71. The Labute approximate surface area is 231 Å². The number of carbonyl (C=O) groups is 2. The summed E-state index contributed by atoms with van der Waals surface area (Å²) in [6.07, 6.45) is -0.776. The molecule has 0 saturated heterocycles. The number of benzene rings is 2. The van der Waals surface area contributed by atoms with Crippen LogP contribution in [0.2, 0.25) is 10.0 Å². The number of likely N-dealkylation sites (N-methyl/N-ethyl adjacent to an activating group) is 1. The molecule has 0 saturated carbocycles. The maximum Gasteiger partial charge on any atom is 0.416 e. The van der Waals surface area contributed by atoms with Crippen LogP contribution in [-0.2, 0) is 17.6 Å². The highest BCUT2D eigenvalue weighted by atomic mass is 35.5. The number of urea groups is 1. The Morgan fingerprint density at radius 3 is 2.51 bits per heavy atom. The summed E-state index contributed by atoms with van der Waals surface area (Å²) in [5, 5.41) is 5.28. The highest BCUT2D eigenvalue weighted by Gasteiger charge is 2.30. The van der Waals surface area contributed by atoms with E-state index in [1.807, 2.05) is 29.8 Å². The first kappa shape index (κ1) is 28.1. The molecule has 2 heterocycles. The molecule has 0 aliphatic heterocycles. The number of aromatic nitrogens is 2. The Morgan fingerprint density at radius 1 is 1.10 bits per heavy atom. The first-order chi connectivity index (χ1) is 18.4. The number of carbonyl (C=O) groups excluding carboxylic acids is 2. The first-order valence-corrected chi connectivity index (χ1v) is 12.2. The average Bonchev–Trinajstić information content (AvgIpc) is 3.27. The van der Waals surface area contributed by atoms with E-state index in [-0.39, 0.29) is 17.3 Å². The molecular weight excluding hydrogens is 558 g/mol. The highest BCUT2D eigenvalue weighted by Crippen LogP contribution is 2.35. The summed E-state index contributed by atoms with van der Waals surface area (Å²) >= 11 is 13.0. The fourth-order valence-corrected chi connectivity index (χ4v) is 4.28. The molecule has 0 spiro atoms. The molecule has 0 aliphatic rings. The molecule has 2 N–H and O–H groups in total. The Morgan fingerprint density at radius 2 is 1.82 bits per heavy atom. The van der Waals surface area contributed by atoms with E-state index in [0.29, 0.717) is 27.7 Å². The van der Waals surface area contributed by atoms with Crippen molar-refractivity contribution in [3.05, 3.63) is 87.8 Å². The van der Waals surface area contributed by atoms with Crippen molar-refractivity contribution in [2.45, 2.75) is 19.7 Å². The lowest BCUT2D eigenvalue weighted by molar-refractivity contribution is -0.137. The van der Waals surface area contributed by atoms with Gasteiger partial charge in [-0.25, -0.2) is 9.78 Å². The summed E-state index contributed by atoms with van der Waals surface area (Å²) in [5.74, 6) is 0.0158. The molecule has 13 heteroatoms. The van der Waals surface area contributed by atoms with Crippen molar-refractivity contribution < 1.29 is 27.5 Å². The van der Waals surface area contributed by atoms with Crippen LogP contribution >= 0.6 is 23.2 Å². The fraction of sp³-hybridized carbons (Fsp3) is 0.192. The Bertz CT molecular complexity index is 1520. The lowest BCUT2D eigenvalue weighted by atomic mass is 10.2. The van der Waals surface area contributed by atoms with Crippen molar-refractivity contribution in [1.82, 2.24) is 14.7 Å². The molecule has 0 radical (unpaired) electrons. The van der Waals surface area contributed by atoms with Crippen molar-refractivity contribution in [2.24, 2.45) is 0 Å². The molecule has 4 aromatic rings. The second-order valence-electron chi connectivity index (χ2n) is 8.47. The molecule has 3 amide bonds. The molecule has 0 atom stereocenters. The van der Waals surface area contributed by atoms with E-state index in [1.54, 1.807) is 18.2 Å². The number of ether oxygens (including phenoxy) is 1. The fourth-order valence-electron chi connectivity index (χ4n) is 3.68. The van der Waals surface area contributed by atoms with Gasteiger partial charge in [0.25, 0.3) is 0 Å². The van der Waals surface area contributed by atoms with Crippen molar-refractivity contribution in [3.8, 4) is 5.75 Å². The number of amides is 3. The number of hydrogen-bond donors (Lipinski definition) is 2. The number of nitrogens with one attached hydrogen (secondary N) is 2. The van der Waals surface area contributed by atoms with Crippen LogP contribution in [0.5, 0.6) is 5.75 Å². The number of aryl methyl sites for hydroxylation is 1. The zero-order valence-electron chi connectivity index (χ0n) is 20.6. The summed E-state index contributed by atoms with van der Waals surface area (Å²) in [5.41, 5.74) is 1.53. The predicted molar refractivity (Wildman–Crippen MR) is 143 cm³/mol.